The van der Waals surface area contributed by atoms with Gasteiger partial charge in [0.1, 0.15) is 5.82 Å². The number of aryl methyl sites for hydroxylation is 1. The van der Waals surface area contributed by atoms with E-state index in [0.717, 1.165) is 56.6 Å². The highest BCUT2D eigenvalue weighted by Gasteiger charge is 2.25. The van der Waals surface area contributed by atoms with Crippen LogP contribution in [0.2, 0.25) is 0 Å². The lowest BCUT2D eigenvalue weighted by atomic mass is 9.95. The fourth-order valence-corrected chi connectivity index (χ4v) is 3.35. The summed E-state index contributed by atoms with van der Waals surface area (Å²) in [6.45, 7) is 6.82. The van der Waals surface area contributed by atoms with Crippen molar-refractivity contribution in [3.63, 3.8) is 0 Å². The first-order valence-corrected chi connectivity index (χ1v) is 9.20. The van der Waals surface area contributed by atoms with Crippen molar-refractivity contribution >= 4 is 11.7 Å². The number of pyridine rings is 1. The maximum absolute atomic E-state index is 12.4. The number of aromatic nitrogens is 1. The van der Waals surface area contributed by atoms with Crippen molar-refractivity contribution in [3.05, 3.63) is 23.9 Å². The molecule has 0 aromatic carbocycles. The summed E-state index contributed by atoms with van der Waals surface area (Å²) in [7, 11) is 0. The number of nitrogens with one attached hydrogen (secondary N) is 1. The lowest BCUT2D eigenvalue weighted by Gasteiger charge is -2.32. The third kappa shape index (κ3) is 5.48. The van der Waals surface area contributed by atoms with E-state index < -0.39 is 0 Å². The molecule has 1 aromatic heterocycles. The van der Waals surface area contributed by atoms with Crippen molar-refractivity contribution in [2.45, 2.75) is 46.0 Å². The molecule has 1 unspecified atom stereocenters. The molecule has 0 saturated carbocycles. The highest BCUT2D eigenvalue weighted by Crippen LogP contribution is 2.22. The SMILES string of the molecule is CCCC(CCO)CNC(=O)C1CCN(c2ccc(C)cn2)CC1. The Morgan fingerprint density at radius 2 is 2.12 bits per heavy atom. The second-order valence-electron chi connectivity index (χ2n) is 6.87. The first-order valence-electron chi connectivity index (χ1n) is 9.20. The molecule has 1 fully saturated rings. The van der Waals surface area contributed by atoms with Crippen molar-refractivity contribution in [2.75, 3.05) is 31.1 Å². The normalized spacial score (nSPS) is 16.9. The second kappa shape index (κ2) is 9.62. The van der Waals surface area contributed by atoms with E-state index in [-0.39, 0.29) is 18.4 Å². The smallest absolute Gasteiger partial charge is 0.223 e. The predicted molar refractivity (Wildman–Crippen MR) is 97.0 cm³/mol. The van der Waals surface area contributed by atoms with E-state index in [0.29, 0.717) is 12.5 Å². The van der Waals surface area contributed by atoms with Crippen LogP contribution in [0.4, 0.5) is 5.82 Å². The summed E-state index contributed by atoms with van der Waals surface area (Å²) in [4.78, 5) is 19.1. The van der Waals surface area contributed by atoms with Crippen molar-refractivity contribution in [2.24, 2.45) is 11.8 Å². The average Bonchev–Trinajstić information content (AvgIpc) is 2.60. The average molecular weight is 333 g/mol. The number of hydrogen-bond donors (Lipinski definition) is 2. The molecule has 134 valence electrons. The van der Waals surface area contributed by atoms with Crippen molar-refractivity contribution in [1.82, 2.24) is 10.3 Å². The summed E-state index contributed by atoms with van der Waals surface area (Å²) in [6, 6.07) is 4.14. The molecule has 0 bridgehead atoms. The Labute approximate surface area is 145 Å². The molecule has 1 aliphatic heterocycles. The third-order valence-corrected chi connectivity index (χ3v) is 4.88. The van der Waals surface area contributed by atoms with E-state index in [9.17, 15) is 4.79 Å². The molecule has 1 atom stereocenters. The Kier molecular flexibility index (Phi) is 7.50. The van der Waals surface area contributed by atoms with Gasteiger partial charge in [0, 0.05) is 38.4 Å². The quantitative estimate of drug-likeness (QED) is 0.767. The number of anilines is 1. The fraction of sp³-hybridized carbons (Fsp3) is 0.684. The van der Waals surface area contributed by atoms with Crippen molar-refractivity contribution in [1.29, 1.82) is 0 Å². The lowest BCUT2D eigenvalue weighted by Crippen LogP contribution is -2.42. The van der Waals surface area contributed by atoms with Crippen LogP contribution in [0.1, 0.15) is 44.6 Å². The molecular weight excluding hydrogens is 302 g/mol. The van der Waals surface area contributed by atoms with Crippen LogP contribution in [0.5, 0.6) is 0 Å². The summed E-state index contributed by atoms with van der Waals surface area (Å²) < 4.78 is 0. The van der Waals surface area contributed by atoms with E-state index in [1.165, 1.54) is 0 Å². The van der Waals surface area contributed by atoms with Crippen molar-refractivity contribution < 1.29 is 9.90 Å². The van der Waals surface area contributed by atoms with E-state index >= 15 is 0 Å². The number of carbonyl (C=O) groups excluding carboxylic acids is 1. The van der Waals surface area contributed by atoms with Crippen LogP contribution >= 0.6 is 0 Å². The number of nitrogens with zero attached hydrogens (tertiary/aromatic N) is 2. The van der Waals surface area contributed by atoms with Gasteiger partial charge in [-0.2, -0.15) is 0 Å². The van der Waals surface area contributed by atoms with Gasteiger partial charge in [-0.1, -0.05) is 19.4 Å². The van der Waals surface area contributed by atoms with Crippen LogP contribution < -0.4 is 10.2 Å². The minimum Gasteiger partial charge on any atom is -0.396 e. The molecule has 1 saturated heterocycles. The van der Waals surface area contributed by atoms with Crippen molar-refractivity contribution in [3.8, 4) is 0 Å². The predicted octanol–water partition coefficient (Wildman–Crippen LogP) is 2.52. The monoisotopic (exact) mass is 333 g/mol. The maximum Gasteiger partial charge on any atom is 0.223 e. The molecule has 5 heteroatoms. The molecule has 5 nitrogen and oxygen atoms in total. The highest BCUT2D eigenvalue weighted by atomic mass is 16.3. The van der Waals surface area contributed by atoms with E-state index in [1.54, 1.807) is 0 Å². The largest absolute Gasteiger partial charge is 0.396 e. The van der Waals surface area contributed by atoms with Gasteiger partial charge < -0.3 is 15.3 Å². The number of amides is 1. The highest BCUT2D eigenvalue weighted by molar-refractivity contribution is 5.79. The number of hydrogen-bond acceptors (Lipinski definition) is 4. The minimum atomic E-state index is 0.100. The zero-order chi connectivity index (χ0) is 17.4. The summed E-state index contributed by atoms with van der Waals surface area (Å²) in [5.41, 5.74) is 1.16. The van der Waals surface area contributed by atoms with Gasteiger partial charge in [0.2, 0.25) is 5.91 Å². The van der Waals surface area contributed by atoms with Gasteiger partial charge in [-0.05, 0) is 50.2 Å². The van der Waals surface area contributed by atoms with Crippen LogP contribution in [0, 0.1) is 18.8 Å². The van der Waals surface area contributed by atoms with E-state index in [2.05, 4.69) is 34.3 Å². The second-order valence-corrected chi connectivity index (χ2v) is 6.87. The molecule has 1 aliphatic rings. The summed E-state index contributed by atoms with van der Waals surface area (Å²) in [5, 5.41) is 12.2. The Bertz CT molecular complexity index is 490. The summed E-state index contributed by atoms with van der Waals surface area (Å²) >= 11 is 0. The Morgan fingerprint density at radius 1 is 1.38 bits per heavy atom. The van der Waals surface area contributed by atoms with Gasteiger partial charge in [0.05, 0.1) is 0 Å². The maximum atomic E-state index is 12.4. The number of aliphatic hydroxyl groups is 1. The molecule has 0 aliphatic carbocycles. The number of carbonyl (C=O) groups is 1. The zero-order valence-corrected chi connectivity index (χ0v) is 15.0. The van der Waals surface area contributed by atoms with Gasteiger partial charge in [-0.3, -0.25) is 4.79 Å². The molecular formula is C19H31N3O2. The standard InChI is InChI=1S/C19H31N3O2/c1-3-4-16(9-12-23)14-21-19(24)17-7-10-22(11-8-17)18-6-5-15(2)13-20-18/h5-6,13,16-17,23H,3-4,7-12,14H2,1-2H3,(H,21,24). The van der Waals surface area contributed by atoms with Crippen LogP contribution in [0.3, 0.4) is 0 Å². The Balaban J connectivity index is 1.76. The van der Waals surface area contributed by atoms with Gasteiger partial charge in [-0.15, -0.1) is 0 Å². The summed E-state index contributed by atoms with van der Waals surface area (Å²) in [6.07, 6.45) is 6.55. The number of piperidine rings is 1. The van der Waals surface area contributed by atoms with Gasteiger partial charge >= 0.3 is 0 Å². The molecule has 2 rings (SSSR count). The van der Waals surface area contributed by atoms with Crippen LogP contribution in [-0.2, 0) is 4.79 Å². The summed E-state index contributed by atoms with van der Waals surface area (Å²) in [5.74, 6) is 1.67. The molecule has 2 N–H and O–H groups in total. The van der Waals surface area contributed by atoms with E-state index in [4.69, 9.17) is 5.11 Å². The minimum absolute atomic E-state index is 0.100. The first-order chi connectivity index (χ1) is 11.6. The first kappa shape index (κ1) is 18.7. The van der Waals surface area contributed by atoms with E-state index in [1.807, 2.05) is 13.1 Å². The molecule has 2 heterocycles. The fourth-order valence-electron chi connectivity index (χ4n) is 3.35. The molecule has 24 heavy (non-hydrogen) atoms. The van der Waals surface area contributed by atoms with Crippen LogP contribution in [-0.4, -0.2) is 42.2 Å². The van der Waals surface area contributed by atoms with Gasteiger partial charge in [0.25, 0.3) is 0 Å². The van der Waals surface area contributed by atoms with Crippen LogP contribution in [0.15, 0.2) is 18.3 Å². The molecule has 0 radical (unpaired) electrons. The molecule has 1 amide bonds. The van der Waals surface area contributed by atoms with Gasteiger partial charge in [0.15, 0.2) is 0 Å². The zero-order valence-electron chi connectivity index (χ0n) is 15.0. The lowest BCUT2D eigenvalue weighted by molar-refractivity contribution is -0.125. The van der Waals surface area contributed by atoms with Crippen LogP contribution in [0.25, 0.3) is 0 Å². The molecule has 0 spiro atoms. The topological polar surface area (TPSA) is 65.5 Å². The Morgan fingerprint density at radius 3 is 2.71 bits per heavy atom. The number of aliphatic hydroxyl groups excluding tert-OH is 1. The molecule has 1 aromatic rings. The van der Waals surface area contributed by atoms with Gasteiger partial charge in [-0.25, -0.2) is 4.98 Å². The third-order valence-electron chi connectivity index (χ3n) is 4.88. The number of rotatable bonds is 8. The Hall–Kier alpha value is -1.62.